The summed E-state index contributed by atoms with van der Waals surface area (Å²) in [6.07, 6.45) is 4.45. The zero-order valence-electron chi connectivity index (χ0n) is 16.6. The first-order chi connectivity index (χ1) is 14.7. The van der Waals surface area contributed by atoms with Crippen LogP contribution in [0.25, 0.3) is 22.6 Å². The summed E-state index contributed by atoms with van der Waals surface area (Å²) in [5.74, 6) is 0.983. The van der Waals surface area contributed by atoms with Gasteiger partial charge in [0.05, 0.1) is 6.61 Å². The minimum absolute atomic E-state index is 0.0261. The van der Waals surface area contributed by atoms with Crippen LogP contribution in [0.1, 0.15) is 41.3 Å². The molecule has 2 aromatic carbocycles. The Bertz CT molecular complexity index is 1220. The Morgan fingerprint density at radius 3 is 2.80 bits per heavy atom. The van der Waals surface area contributed by atoms with Crippen molar-refractivity contribution >= 4 is 22.9 Å². The van der Waals surface area contributed by atoms with Gasteiger partial charge in [-0.2, -0.15) is 0 Å². The zero-order chi connectivity index (χ0) is 20.5. The summed E-state index contributed by atoms with van der Waals surface area (Å²) in [5, 5.41) is 11.5. The van der Waals surface area contributed by atoms with Crippen LogP contribution in [0.15, 0.2) is 51.3 Å². The van der Waals surface area contributed by atoms with E-state index in [1.807, 2.05) is 43.3 Å². The van der Waals surface area contributed by atoms with Crippen molar-refractivity contribution < 1.29 is 18.4 Å². The van der Waals surface area contributed by atoms with Gasteiger partial charge in [0.25, 0.3) is 11.8 Å². The standard InChI is InChI=1S/C23H21N3O4/c1-2-28-18-9-5-8-16-13-19(29-20(16)18)22-25-26-23(30-22)24-21(27)17-11-10-14-6-3-4-7-15(14)12-17/h5,8-13H,2-4,6-7H2,1H3,(H,24,26,27). The van der Waals surface area contributed by atoms with Crippen molar-refractivity contribution in [3.63, 3.8) is 0 Å². The van der Waals surface area contributed by atoms with E-state index in [1.165, 1.54) is 17.5 Å². The summed E-state index contributed by atoms with van der Waals surface area (Å²) >= 11 is 0. The number of hydrogen-bond donors (Lipinski definition) is 1. The largest absolute Gasteiger partial charge is 0.490 e. The first kappa shape index (κ1) is 18.4. The number of rotatable bonds is 5. The number of aryl methyl sites for hydroxylation is 2. The summed E-state index contributed by atoms with van der Waals surface area (Å²) < 4.78 is 17.1. The van der Waals surface area contributed by atoms with Gasteiger partial charge < -0.3 is 13.6 Å². The Hall–Kier alpha value is -3.61. The molecule has 0 aliphatic heterocycles. The first-order valence-electron chi connectivity index (χ1n) is 10.1. The smallest absolute Gasteiger partial charge is 0.322 e. The number of benzene rings is 2. The topological polar surface area (TPSA) is 90.4 Å². The van der Waals surface area contributed by atoms with E-state index in [0.717, 1.165) is 24.6 Å². The van der Waals surface area contributed by atoms with Crippen LogP contribution in [-0.4, -0.2) is 22.7 Å². The molecule has 0 bridgehead atoms. The van der Waals surface area contributed by atoms with Gasteiger partial charge >= 0.3 is 6.01 Å². The predicted molar refractivity (Wildman–Crippen MR) is 112 cm³/mol. The highest BCUT2D eigenvalue weighted by Gasteiger charge is 2.18. The molecule has 0 saturated carbocycles. The normalized spacial score (nSPS) is 13.2. The fourth-order valence-corrected chi connectivity index (χ4v) is 3.83. The van der Waals surface area contributed by atoms with Crippen LogP contribution in [0.4, 0.5) is 6.01 Å². The summed E-state index contributed by atoms with van der Waals surface area (Å²) in [6, 6.07) is 13.3. The lowest BCUT2D eigenvalue weighted by molar-refractivity contribution is 0.102. The fraction of sp³-hybridized carbons (Fsp3) is 0.261. The summed E-state index contributed by atoms with van der Waals surface area (Å²) in [4.78, 5) is 12.6. The van der Waals surface area contributed by atoms with E-state index in [4.69, 9.17) is 13.6 Å². The van der Waals surface area contributed by atoms with Gasteiger partial charge in [0.15, 0.2) is 17.1 Å². The number of ether oxygens (including phenoxy) is 1. The molecule has 1 aliphatic carbocycles. The third-order valence-corrected chi connectivity index (χ3v) is 5.27. The van der Waals surface area contributed by atoms with Crippen LogP contribution < -0.4 is 10.1 Å². The van der Waals surface area contributed by atoms with Crippen LogP contribution in [0.3, 0.4) is 0 Å². The third-order valence-electron chi connectivity index (χ3n) is 5.27. The second kappa shape index (κ2) is 7.67. The van der Waals surface area contributed by atoms with Crippen LogP contribution in [0.2, 0.25) is 0 Å². The summed E-state index contributed by atoms with van der Waals surface area (Å²) in [7, 11) is 0. The van der Waals surface area contributed by atoms with E-state index in [1.54, 1.807) is 6.07 Å². The number of aromatic nitrogens is 2. The monoisotopic (exact) mass is 403 g/mol. The van der Waals surface area contributed by atoms with Gasteiger partial charge in [-0.15, -0.1) is 5.10 Å². The molecular formula is C23H21N3O4. The van der Waals surface area contributed by atoms with Gasteiger partial charge in [0.2, 0.25) is 0 Å². The number of nitrogens with one attached hydrogen (secondary N) is 1. The first-order valence-corrected chi connectivity index (χ1v) is 10.1. The number of anilines is 1. The Labute approximate surface area is 173 Å². The number of nitrogens with zero attached hydrogens (tertiary/aromatic N) is 2. The molecule has 7 heteroatoms. The van der Waals surface area contributed by atoms with Gasteiger partial charge in [0, 0.05) is 10.9 Å². The molecule has 5 rings (SSSR count). The van der Waals surface area contributed by atoms with Gasteiger partial charge in [-0.25, -0.2) is 0 Å². The molecule has 30 heavy (non-hydrogen) atoms. The molecule has 0 fully saturated rings. The average Bonchev–Trinajstić information content (AvgIpc) is 3.41. The van der Waals surface area contributed by atoms with Crippen LogP contribution >= 0.6 is 0 Å². The van der Waals surface area contributed by atoms with Crippen molar-refractivity contribution in [2.75, 3.05) is 11.9 Å². The van der Waals surface area contributed by atoms with Gasteiger partial charge in [-0.3, -0.25) is 10.1 Å². The SMILES string of the molecule is CCOc1cccc2cc(-c3nnc(NC(=O)c4ccc5c(c4)CCCC5)o3)oc12. The van der Waals surface area contributed by atoms with Crippen molar-refractivity contribution in [1.29, 1.82) is 0 Å². The second-order valence-corrected chi connectivity index (χ2v) is 7.28. The van der Waals surface area contributed by atoms with Gasteiger partial charge in [-0.1, -0.05) is 23.3 Å². The zero-order valence-corrected chi connectivity index (χ0v) is 16.6. The maximum absolute atomic E-state index is 12.6. The Morgan fingerprint density at radius 1 is 1.07 bits per heavy atom. The number of hydrogen-bond acceptors (Lipinski definition) is 6. The van der Waals surface area contributed by atoms with Crippen molar-refractivity contribution in [2.45, 2.75) is 32.6 Å². The average molecular weight is 403 g/mol. The molecule has 1 amide bonds. The summed E-state index contributed by atoms with van der Waals surface area (Å²) in [6.45, 7) is 2.45. The van der Waals surface area contributed by atoms with E-state index in [0.29, 0.717) is 29.3 Å². The number of para-hydroxylation sites is 1. The molecule has 0 atom stereocenters. The maximum Gasteiger partial charge on any atom is 0.322 e. The molecule has 7 nitrogen and oxygen atoms in total. The highest BCUT2D eigenvalue weighted by molar-refractivity contribution is 6.03. The number of amides is 1. The molecule has 4 aromatic rings. The molecule has 2 aromatic heterocycles. The Balaban J connectivity index is 1.36. The maximum atomic E-state index is 12.6. The lowest BCUT2D eigenvalue weighted by Crippen LogP contribution is -2.13. The lowest BCUT2D eigenvalue weighted by Gasteiger charge is -2.16. The fourth-order valence-electron chi connectivity index (χ4n) is 3.83. The van der Waals surface area contributed by atoms with Crippen molar-refractivity contribution in [3.05, 3.63) is 59.2 Å². The summed E-state index contributed by atoms with van der Waals surface area (Å²) in [5.41, 5.74) is 3.77. The molecule has 152 valence electrons. The van der Waals surface area contributed by atoms with Gasteiger partial charge in [-0.05, 0) is 68.0 Å². The molecule has 1 N–H and O–H groups in total. The van der Waals surface area contributed by atoms with Crippen LogP contribution in [0, 0.1) is 0 Å². The molecule has 0 radical (unpaired) electrons. The van der Waals surface area contributed by atoms with E-state index in [9.17, 15) is 4.79 Å². The minimum Gasteiger partial charge on any atom is -0.490 e. The number of fused-ring (bicyclic) bond motifs is 2. The molecule has 0 spiro atoms. The van der Waals surface area contributed by atoms with E-state index in [2.05, 4.69) is 15.5 Å². The molecule has 2 heterocycles. The van der Waals surface area contributed by atoms with Crippen LogP contribution in [0.5, 0.6) is 5.75 Å². The lowest BCUT2D eigenvalue weighted by atomic mass is 9.90. The minimum atomic E-state index is -0.276. The van der Waals surface area contributed by atoms with E-state index < -0.39 is 0 Å². The highest BCUT2D eigenvalue weighted by Crippen LogP contribution is 2.33. The Morgan fingerprint density at radius 2 is 1.93 bits per heavy atom. The van der Waals surface area contributed by atoms with E-state index in [-0.39, 0.29) is 17.8 Å². The molecular weight excluding hydrogens is 382 g/mol. The molecule has 0 unspecified atom stereocenters. The molecule has 1 aliphatic rings. The van der Waals surface area contributed by atoms with Gasteiger partial charge in [0.1, 0.15) is 0 Å². The number of carbonyl (C=O) groups excluding carboxylic acids is 1. The quantitative estimate of drug-likeness (QED) is 0.504. The van der Waals surface area contributed by atoms with E-state index >= 15 is 0 Å². The number of furan rings is 1. The third kappa shape index (κ3) is 3.43. The Kier molecular flexibility index (Phi) is 4.71. The van der Waals surface area contributed by atoms with Crippen molar-refractivity contribution in [2.24, 2.45) is 0 Å². The second-order valence-electron chi connectivity index (χ2n) is 7.28. The van der Waals surface area contributed by atoms with Crippen LogP contribution in [-0.2, 0) is 12.8 Å². The number of carbonyl (C=O) groups is 1. The predicted octanol–water partition coefficient (Wildman–Crippen LogP) is 5.01. The molecule has 0 saturated heterocycles. The van der Waals surface area contributed by atoms with Crippen molar-refractivity contribution in [3.8, 4) is 17.4 Å². The van der Waals surface area contributed by atoms with Crippen molar-refractivity contribution in [1.82, 2.24) is 10.2 Å². The highest BCUT2D eigenvalue weighted by atomic mass is 16.5.